The third kappa shape index (κ3) is 10.7. The van der Waals surface area contributed by atoms with E-state index in [9.17, 15) is 13.2 Å². The molecular formula is C48H56ClFN2O8S. The van der Waals surface area contributed by atoms with E-state index >= 15 is 4.39 Å². The first kappa shape index (κ1) is 44.4. The number of methoxy groups -OCH3 is 3. The Bertz CT molecular complexity index is 2240. The maximum absolute atomic E-state index is 15.9. The molecule has 0 N–H and O–H groups in total. The second-order valence-electron chi connectivity index (χ2n) is 16.7. The predicted octanol–water partition coefficient (Wildman–Crippen LogP) is 9.32. The molecule has 1 fully saturated rings. The quantitative estimate of drug-likeness (QED) is 0.102. The molecule has 2 heterocycles. The van der Waals surface area contributed by atoms with Crippen LogP contribution in [0.4, 0.5) is 10.1 Å². The predicted molar refractivity (Wildman–Crippen MR) is 236 cm³/mol. The fourth-order valence-corrected chi connectivity index (χ4v) is 11.0. The summed E-state index contributed by atoms with van der Waals surface area (Å²) >= 11 is 6.45. The van der Waals surface area contributed by atoms with Gasteiger partial charge in [0, 0.05) is 55.6 Å². The van der Waals surface area contributed by atoms with Crippen LogP contribution in [-0.4, -0.2) is 78.2 Å². The van der Waals surface area contributed by atoms with Crippen LogP contribution in [0.1, 0.15) is 71.6 Å². The van der Waals surface area contributed by atoms with Gasteiger partial charge in [0.25, 0.3) is 0 Å². The summed E-state index contributed by atoms with van der Waals surface area (Å²) in [6.07, 6.45) is 5.06. The molecule has 10 nitrogen and oxygen atoms in total. The van der Waals surface area contributed by atoms with E-state index < -0.39 is 16.0 Å². The third-order valence-corrected chi connectivity index (χ3v) is 14.6. The zero-order valence-electron chi connectivity index (χ0n) is 35.4. The number of allylic oxidation sites excluding steroid dienone is 1. The van der Waals surface area contributed by atoms with Crippen LogP contribution in [0.5, 0.6) is 17.2 Å². The molecule has 1 saturated heterocycles. The SMILES string of the molecule is COC(=O)c1ccc2c(c1)N(C[C@@H]1CCO[C@H]1C/C(F)=C/C[C@H](C)CS(=O)(=O)N(Cc1ccc(OC)cc1)Cc1ccc(OC)cc1)C[C@@]1(CCCc3cc(Cl)ccc31)CO2. The number of carbonyl (C=O) groups excluding carboxylic acids is 1. The summed E-state index contributed by atoms with van der Waals surface area (Å²) in [7, 11) is 0.772. The highest BCUT2D eigenvalue weighted by atomic mass is 35.5. The van der Waals surface area contributed by atoms with E-state index in [1.165, 1.54) is 28.6 Å². The summed E-state index contributed by atoms with van der Waals surface area (Å²) in [6, 6.07) is 26.2. The molecule has 0 bridgehead atoms. The van der Waals surface area contributed by atoms with E-state index in [0.29, 0.717) is 54.1 Å². The summed E-state index contributed by atoms with van der Waals surface area (Å²) in [5.41, 5.74) is 5.00. The second kappa shape index (κ2) is 19.6. The monoisotopic (exact) mass is 874 g/mol. The molecular weight excluding hydrogens is 819 g/mol. The molecule has 3 aliphatic rings. The largest absolute Gasteiger partial charge is 0.497 e. The summed E-state index contributed by atoms with van der Waals surface area (Å²) in [4.78, 5) is 15.0. The first-order chi connectivity index (χ1) is 29.4. The Morgan fingerprint density at radius 2 is 1.67 bits per heavy atom. The number of ether oxygens (including phenoxy) is 5. The first-order valence-electron chi connectivity index (χ1n) is 21.0. The van der Waals surface area contributed by atoms with Crippen LogP contribution in [-0.2, 0) is 44.4 Å². The maximum Gasteiger partial charge on any atom is 0.337 e. The Hall–Kier alpha value is -4.62. The van der Waals surface area contributed by atoms with Gasteiger partial charge in [0.05, 0.1) is 56.9 Å². The minimum atomic E-state index is -3.77. The van der Waals surface area contributed by atoms with Crippen LogP contribution in [0.3, 0.4) is 0 Å². The van der Waals surface area contributed by atoms with Crippen molar-refractivity contribution in [2.24, 2.45) is 11.8 Å². The molecule has 0 aromatic heterocycles. The van der Waals surface area contributed by atoms with E-state index in [4.69, 9.17) is 35.3 Å². The number of halogens is 2. The Morgan fingerprint density at radius 1 is 0.984 bits per heavy atom. The molecule has 1 aliphatic carbocycles. The Kier molecular flexibility index (Phi) is 14.3. The number of anilines is 1. The number of carbonyl (C=O) groups is 1. The zero-order valence-corrected chi connectivity index (χ0v) is 37.0. The molecule has 13 heteroatoms. The summed E-state index contributed by atoms with van der Waals surface area (Å²) in [6.45, 7) is 4.37. The topological polar surface area (TPSA) is 104 Å². The molecule has 7 rings (SSSR count). The number of sulfonamides is 1. The van der Waals surface area contributed by atoms with Crippen molar-refractivity contribution >= 4 is 33.3 Å². The van der Waals surface area contributed by atoms with Crippen molar-refractivity contribution in [1.29, 1.82) is 0 Å². The molecule has 0 amide bonds. The lowest BCUT2D eigenvalue weighted by Crippen LogP contribution is -2.47. The van der Waals surface area contributed by atoms with Gasteiger partial charge in [-0.1, -0.05) is 54.9 Å². The van der Waals surface area contributed by atoms with E-state index in [1.807, 2.05) is 73.7 Å². The van der Waals surface area contributed by atoms with Gasteiger partial charge in [-0.15, -0.1) is 0 Å². The normalized spacial score (nSPS) is 20.7. The van der Waals surface area contributed by atoms with Crippen molar-refractivity contribution in [1.82, 2.24) is 4.31 Å². The van der Waals surface area contributed by atoms with Crippen molar-refractivity contribution < 1.29 is 41.3 Å². The van der Waals surface area contributed by atoms with Gasteiger partial charge in [0.15, 0.2) is 0 Å². The summed E-state index contributed by atoms with van der Waals surface area (Å²) in [5, 5.41) is 0.710. The van der Waals surface area contributed by atoms with Crippen molar-refractivity contribution in [2.75, 3.05) is 58.3 Å². The molecule has 2 aliphatic heterocycles. The summed E-state index contributed by atoms with van der Waals surface area (Å²) in [5.74, 6) is 0.786. The van der Waals surface area contributed by atoms with Crippen molar-refractivity contribution in [3.05, 3.63) is 130 Å². The molecule has 326 valence electrons. The minimum Gasteiger partial charge on any atom is -0.497 e. The molecule has 4 aromatic carbocycles. The number of rotatable bonds is 16. The van der Waals surface area contributed by atoms with Gasteiger partial charge in [-0.2, -0.15) is 4.31 Å². The third-order valence-electron chi connectivity index (χ3n) is 12.3. The lowest BCUT2D eigenvalue weighted by molar-refractivity contribution is 0.0600. The van der Waals surface area contributed by atoms with E-state index in [2.05, 4.69) is 17.0 Å². The average Bonchev–Trinajstić information content (AvgIpc) is 3.63. The van der Waals surface area contributed by atoms with Crippen LogP contribution >= 0.6 is 11.6 Å². The second-order valence-corrected chi connectivity index (χ2v) is 19.1. The van der Waals surface area contributed by atoms with Crippen molar-refractivity contribution in [2.45, 2.75) is 70.1 Å². The van der Waals surface area contributed by atoms with Crippen LogP contribution in [0, 0.1) is 11.8 Å². The molecule has 0 unspecified atom stereocenters. The number of esters is 1. The average molecular weight is 875 g/mol. The van der Waals surface area contributed by atoms with Gasteiger partial charge < -0.3 is 28.6 Å². The number of aryl methyl sites for hydroxylation is 1. The summed E-state index contributed by atoms with van der Waals surface area (Å²) < 4.78 is 73.9. The van der Waals surface area contributed by atoms with Gasteiger partial charge in [0.2, 0.25) is 10.0 Å². The number of hydrogen-bond donors (Lipinski definition) is 0. The lowest BCUT2D eigenvalue weighted by atomic mass is 9.70. The number of fused-ring (bicyclic) bond motifs is 3. The van der Waals surface area contributed by atoms with Crippen LogP contribution < -0.4 is 19.1 Å². The lowest BCUT2D eigenvalue weighted by Gasteiger charge is -2.41. The van der Waals surface area contributed by atoms with Gasteiger partial charge >= 0.3 is 5.97 Å². The van der Waals surface area contributed by atoms with Crippen LogP contribution in [0.2, 0.25) is 5.02 Å². The van der Waals surface area contributed by atoms with Crippen LogP contribution in [0.25, 0.3) is 0 Å². The number of hydrogen-bond acceptors (Lipinski definition) is 9. The van der Waals surface area contributed by atoms with E-state index in [-0.39, 0.29) is 60.9 Å². The van der Waals surface area contributed by atoms with Crippen molar-refractivity contribution in [3.8, 4) is 17.2 Å². The van der Waals surface area contributed by atoms with Crippen molar-refractivity contribution in [3.63, 3.8) is 0 Å². The number of nitrogens with zero attached hydrogens (tertiary/aromatic N) is 2. The molecule has 4 atom stereocenters. The zero-order chi connectivity index (χ0) is 43.1. The van der Waals surface area contributed by atoms with E-state index in [0.717, 1.165) is 42.5 Å². The van der Waals surface area contributed by atoms with E-state index in [1.54, 1.807) is 20.3 Å². The highest BCUT2D eigenvalue weighted by Gasteiger charge is 2.43. The van der Waals surface area contributed by atoms with Gasteiger partial charge in [-0.25, -0.2) is 17.6 Å². The molecule has 1 spiro atoms. The Balaban J connectivity index is 1.05. The van der Waals surface area contributed by atoms with Gasteiger partial charge in [-0.3, -0.25) is 0 Å². The van der Waals surface area contributed by atoms with Gasteiger partial charge in [-0.05, 0) is 115 Å². The number of benzene rings is 4. The minimum absolute atomic E-state index is 0.0144. The molecule has 4 aromatic rings. The molecule has 0 saturated carbocycles. The first-order valence-corrected chi connectivity index (χ1v) is 23.0. The standard InChI is InChI=1S/C48H56ClFN2O8S/c1-33(30-61(54,55)52(27-34-8-15-41(56-2)16-9-34)28-35-10-17-42(57-3)18-11-35)7-14-40(50)26-46-38(21-23-59-46)29-51-31-48(22-5-6-36-24-39(49)13-19-43(36)48)32-60-45-20-12-37(25-44(45)51)47(53)58-4/h8-20,24-25,33,38,46H,5-7,21-23,26-32H2,1-4H3/b40-14-/t33-,38-,46-,48-/m0/s1. The maximum atomic E-state index is 15.9. The Morgan fingerprint density at radius 3 is 2.33 bits per heavy atom. The fraction of sp³-hybridized carbons (Fsp3) is 0.438. The highest BCUT2D eigenvalue weighted by molar-refractivity contribution is 7.89. The Labute approximate surface area is 364 Å². The van der Waals surface area contributed by atoms with Crippen LogP contribution in [0.15, 0.2) is 96.8 Å². The highest BCUT2D eigenvalue weighted by Crippen LogP contribution is 2.45. The molecule has 61 heavy (non-hydrogen) atoms. The molecule has 0 radical (unpaired) electrons. The fourth-order valence-electron chi connectivity index (χ4n) is 9.03. The van der Waals surface area contributed by atoms with Gasteiger partial charge in [0.1, 0.15) is 17.2 Å². The smallest absolute Gasteiger partial charge is 0.337 e.